The average molecular weight is 354 g/mol. The number of aliphatic carboxylic acids is 1. The van der Waals surface area contributed by atoms with Crippen LogP contribution in [0.2, 0.25) is 0 Å². The van der Waals surface area contributed by atoms with Crippen LogP contribution in [0.5, 0.6) is 0 Å². The first-order chi connectivity index (χ1) is 10.4. The number of nitrogens with two attached hydrogens (primary N) is 1. The second kappa shape index (κ2) is 6.96. The molecule has 4 N–H and O–H groups in total. The summed E-state index contributed by atoms with van der Waals surface area (Å²) >= 11 is 0. The normalized spacial score (nSPS) is 13.5. The molecule has 0 aliphatic carbocycles. The molecule has 0 fully saturated rings. The molecule has 1 aromatic carbocycles. The minimum absolute atomic E-state index is 0.444. The number of primary amides is 1. The number of benzene rings is 1. The third-order valence-electron chi connectivity index (χ3n) is 2.76. The van der Waals surface area contributed by atoms with E-state index >= 15 is 0 Å². The molecule has 1 amide bonds. The number of carbonyl (C=O) groups is 2. The van der Waals surface area contributed by atoms with Crippen molar-refractivity contribution in [1.29, 1.82) is 0 Å². The van der Waals surface area contributed by atoms with Crippen LogP contribution < -0.4 is 10.5 Å². The van der Waals surface area contributed by atoms with Crippen LogP contribution in [0.25, 0.3) is 0 Å². The Morgan fingerprint density at radius 2 is 1.83 bits per heavy atom. The second-order valence-electron chi connectivity index (χ2n) is 4.51. The number of hydrogen-bond donors (Lipinski definition) is 3. The Labute approximate surface area is 129 Å². The Balaban J connectivity index is 3.16. The SMILES string of the molecule is NC(=O)CCC(NS(=O)(=O)c1ccccc1C(F)(F)F)C(=O)O. The Morgan fingerprint density at radius 3 is 2.30 bits per heavy atom. The molecule has 1 aromatic rings. The van der Waals surface area contributed by atoms with Gasteiger partial charge in [-0.05, 0) is 18.6 Å². The standard InChI is InChI=1S/C12H13F3N2O5S/c13-12(14,15)7-3-1-2-4-9(7)23(21,22)17-8(11(19)20)5-6-10(16)18/h1-4,8,17H,5-6H2,(H2,16,18)(H,19,20). The summed E-state index contributed by atoms with van der Waals surface area (Å²) in [4.78, 5) is 20.6. The van der Waals surface area contributed by atoms with Crippen LogP contribution in [0.3, 0.4) is 0 Å². The maximum atomic E-state index is 12.9. The van der Waals surface area contributed by atoms with Crippen LogP contribution >= 0.6 is 0 Å². The van der Waals surface area contributed by atoms with E-state index < -0.39 is 57.4 Å². The molecule has 1 unspecified atom stereocenters. The van der Waals surface area contributed by atoms with Gasteiger partial charge in [-0.15, -0.1) is 0 Å². The lowest BCUT2D eigenvalue weighted by molar-refractivity contribution is -0.140. The highest BCUT2D eigenvalue weighted by Gasteiger charge is 2.38. The molecule has 7 nitrogen and oxygen atoms in total. The Hall–Kier alpha value is -2.14. The fourth-order valence-corrected chi connectivity index (χ4v) is 3.16. The zero-order valence-electron chi connectivity index (χ0n) is 11.5. The molecule has 0 bridgehead atoms. The number of nitrogens with one attached hydrogen (secondary N) is 1. The van der Waals surface area contributed by atoms with Gasteiger partial charge in [0, 0.05) is 6.42 Å². The lowest BCUT2D eigenvalue weighted by Crippen LogP contribution is -2.41. The van der Waals surface area contributed by atoms with E-state index in [1.54, 1.807) is 4.72 Å². The van der Waals surface area contributed by atoms with Gasteiger partial charge in [0.25, 0.3) is 0 Å². The van der Waals surface area contributed by atoms with Crippen molar-refractivity contribution in [2.45, 2.75) is 30.0 Å². The van der Waals surface area contributed by atoms with Gasteiger partial charge in [0.2, 0.25) is 15.9 Å². The van der Waals surface area contributed by atoms with E-state index in [0.717, 1.165) is 12.1 Å². The van der Waals surface area contributed by atoms with Gasteiger partial charge in [-0.1, -0.05) is 12.1 Å². The van der Waals surface area contributed by atoms with Crippen molar-refractivity contribution >= 4 is 21.9 Å². The lowest BCUT2D eigenvalue weighted by atomic mass is 10.2. The van der Waals surface area contributed by atoms with Gasteiger partial charge in [-0.2, -0.15) is 17.9 Å². The summed E-state index contributed by atoms with van der Waals surface area (Å²) in [6, 6.07) is 1.56. The summed E-state index contributed by atoms with van der Waals surface area (Å²) in [7, 11) is -4.77. The first-order valence-corrected chi connectivity index (χ1v) is 7.63. The van der Waals surface area contributed by atoms with Crippen molar-refractivity contribution in [3.63, 3.8) is 0 Å². The maximum absolute atomic E-state index is 12.9. The van der Waals surface area contributed by atoms with E-state index in [1.165, 1.54) is 0 Å². The monoisotopic (exact) mass is 354 g/mol. The number of alkyl halides is 3. The van der Waals surface area contributed by atoms with E-state index in [9.17, 15) is 31.2 Å². The number of hydrogen-bond acceptors (Lipinski definition) is 4. The van der Waals surface area contributed by atoms with Crippen molar-refractivity contribution in [2.75, 3.05) is 0 Å². The van der Waals surface area contributed by atoms with Gasteiger partial charge in [0.05, 0.1) is 10.5 Å². The zero-order valence-corrected chi connectivity index (χ0v) is 12.3. The molecule has 128 valence electrons. The summed E-state index contributed by atoms with van der Waals surface area (Å²) < 4.78 is 64.4. The largest absolute Gasteiger partial charge is 0.480 e. The minimum Gasteiger partial charge on any atom is -0.480 e. The Bertz CT molecular complexity index is 703. The minimum atomic E-state index is -4.93. The molecule has 1 atom stereocenters. The van der Waals surface area contributed by atoms with Gasteiger partial charge in [-0.3, -0.25) is 9.59 Å². The molecular weight excluding hydrogens is 341 g/mol. The quantitative estimate of drug-likeness (QED) is 0.664. The molecular formula is C12H13F3N2O5S. The van der Waals surface area contributed by atoms with E-state index in [4.69, 9.17) is 10.8 Å². The van der Waals surface area contributed by atoms with E-state index in [-0.39, 0.29) is 0 Å². The van der Waals surface area contributed by atoms with Gasteiger partial charge in [0.15, 0.2) is 0 Å². The van der Waals surface area contributed by atoms with Crippen molar-refractivity contribution < 1.29 is 36.3 Å². The summed E-state index contributed by atoms with van der Waals surface area (Å²) in [6.45, 7) is 0. The number of amides is 1. The van der Waals surface area contributed by atoms with Crippen molar-refractivity contribution in [1.82, 2.24) is 4.72 Å². The third kappa shape index (κ3) is 5.21. The summed E-state index contributed by atoms with van der Waals surface area (Å²) in [5.41, 5.74) is 3.41. The molecule has 0 heterocycles. The summed E-state index contributed by atoms with van der Waals surface area (Å²) in [5, 5.41) is 8.92. The number of halogens is 3. The highest BCUT2D eigenvalue weighted by atomic mass is 32.2. The highest BCUT2D eigenvalue weighted by Crippen LogP contribution is 2.33. The first-order valence-electron chi connectivity index (χ1n) is 6.15. The fraction of sp³-hybridized carbons (Fsp3) is 0.333. The molecule has 0 aliphatic rings. The Morgan fingerprint density at radius 1 is 1.26 bits per heavy atom. The van der Waals surface area contributed by atoms with Gasteiger partial charge < -0.3 is 10.8 Å². The number of carboxylic acid groups (broad SMARTS) is 1. The molecule has 0 radical (unpaired) electrons. The molecule has 0 saturated heterocycles. The van der Waals surface area contributed by atoms with Crippen LogP contribution in [0, 0.1) is 0 Å². The number of sulfonamides is 1. The number of carbonyl (C=O) groups excluding carboxylic acids is 1. The van der Waals surface area contributed by atoms with Crippen LogP contribution in [0.1, 0.15) is 18.4 Å². The van der Waals surface area contributed by atoms with Crippen molar-refractivity contribution in [3.05, 3.63) is 29.8 Å². The first kappa shape index (κ1) is 18.9. The number of carboxylic acids is 1. The molecule has 0 aromatic heterocycles. The molecule has 0 saturated carbocycles. The van der Waals surface area contributed by atoms with Crippen LogP contribution in [-0.4, -0.2) is 31.4 Å². The maximum Gasteiger partial charge on any atom is 0.417 e. The zero-order chi connectivity index (χ0) is 17.8. The molecule has 0 aliphatic heterocycles. The number of rotatable bonds is 7. The fourth-order valence-electron chi connectivity index (χ4n) is 1.71. The van der Waals surface area contributed by atoms with E-state index in [2.05, 4.69) is 0 Å². The topological polar surface area (TPSA) is 127 Å². The predicted molar refractivity (Wildman–Crippen MR) is 71.6 cm³/mol. The summed E-state index contributed by atoms with van der Waals surface area (Å²) in [5.74, 6) is -2.51. The lowest BCUT2D eigenvalue weighted by Gasteiger charge is -2.17. The van der Waals surface area contributed by atoms with Gasteiger partial charge in [-0.25, -0.2) is 8.42 Å². The van der Waals surface area contributed by atoms with Gasteiger partial charge in [0.1, 0.15) is 6.04 Å². The van der Waals surface area contributed by atoms with Crippen LogP contribution in [0.15, 0.2) is 29.2 Å². The Kier molecular flexibility index (Phi) is 5.72. The highest BCUT2D eigenvalue weighted by molar-refractivity contribution is 7.89. The molecule has 1 rings (SSSR count). The van der Waals surface area contributed by atoms with Crippen molar-refractivity contribution in [3.8, 4) is 0 Å². The van der Waals surface area contributed by atoms with Crippen LogP contribution in [0.4, 0.5) is 13.2 Å². The molecule has 23 heavy (non-hydrogen) atoms. The van der Waals surface area contributed by atoms with E-state index in [0.29, 0.717) is 12.1 Å². The summed E-state index contributed by atoms with van der Waals surface area (Å²) in [6.07, 6.45) is -5.87. The van der Waals surface area contributed by atoms with Gasteiger partial charge >= 0.3 is 12.1 Å². The van der Waals surface area contributed by atoms with Crippen LogP contribution in [-0.2, 0) is 25.8 Å². The smallest absolute Gasteiger partial charge is 0.417 e. The predicted octanol–water partition coefficient (Wildman–Crippen LogP) is 0.702. The average Bonchev–Trinajstić information content (AvgIpc) is 2.42. The second-order valence-corrected chi connectivity index (χ2v) is 6.19. The molecule has 0 spiro atoms. The van der Waals surface area contributed by atoms with E-state index in [1.807, 2.05) is 0 Å². The third-order valence-corrected chi connectivity index (χ3v) is 4.29. The molecule has 11 heteroatoms. The van der Waals surface area contributed by atoms with Crippen molar-refractivity contribution in [2.24, 2.45) is 5.73 Å².